The molecule has 0 spiro atoms. The smallest absolute Gasteiger partial charge is 0.395 e. The molecular weight excluding hydrogens is 591 g/mol. The molecule has 17 heteroatoms. The molecule has 1 rings (SSSR count). The topological polar surface area (TPSA) is 255 Å². The summed E-state index contributed by atoms with van der Waals surface area (Å²) in [6.07, 6.45) is 2.07. The van der Waals surface area contributed by atoms with E-state index >= 15 is 0 Å². The number of hydrogen-bond donors (Lipinski definition) is 4. The Hall–Kier alpha value is 0.539. The minimum absolute atomic E-state index is 0. The standard InChI is InChI=1S/C20H44N4O2.2ClHO4.Cu/c1-17-15-19(3,4)21-8-10-24(12-14-26)18(2)16-20(5,6)22-7-9-23(17)11-13-25;2*2-1(3,4)5;/h17-18,21-22,25-26H,7-16H2,1-6H3;2*(H,2,3,4,5);/q;;;+2/p-2/t17-,18-;;;/m1.../s1. The largest absolute Gasteiger partial charge is 2.00 e. The van der Waals surface area contributed by atoms with Crippen molar-refractivity contribution in [3.8, 4) is 0 Å². The summed E-state index contributed by atoms with van der Waals surface area (Å²) in [4.78, 5) is 4.78. The van der Waals surface area contributed by atoms with Crippen molar-refractivity contribution in [2.24, 2.45) is 0 Å². The van der Waals surface area contributed by atoms with Gasteiger partial charge in [-0.15, -0.1) is 20.5 Å². The first-order chi connectivity index (χ1) is 16.1. The Kier molecular flexibility index (Phi) is 22.2. The van der Waals surface area contributed by atoms with Gasteiger partial charge in [0, 0.05) is 62.4 Å². The van der Waals surface area contributed by atoms with Gasteiger partial charge in [0.1, 0.15) is 0 Å². The van der Waals surface area contributed by atoms with Crippen molar-refractivity contribution in [1.82, 2.24) is 20.4 Å². The molecule has 14 nitrogen and oxygen atoms in total. The average Bonchev–Trinajstić information content (AvgIpc) is 2.62. The van der Waals surface area contributed by atoms with Crippen LogP contribution in [0, 0.1) is 20.5 Å². The van der Waals surface area contributed by atoms with E-state index in [1.54, 1.807) is 0 Å². The maximum Gasteiger partial charge on any atom is 2.00 e. The van der Waals surface area contributed by atoms with Gasteiger partial charge in [0.05, 0.1) is 13.2 Å². The van der Waals surface area contributed by atoms with E-state index in [4.69, 9.17) is 37.3 Å². The summed E-state index contributed by atoms with van der Waals surface area (Å²) < 4.78 is 67.9. The average molecular weight is 635 g/mol. The number of rotatable bonds is 4. The van der Waals surface area contributed by atoms with Crippen LogP contribution in [0.25, 0.3) is 0 Å². The van der Waals surface area contributed by atoms with Crippen LogP contribution in [0.15, 0.2) is 0 Å². The quantitative estimate of drug-likeness (QED) is 0.209. The summed E-state index contributed by atoms with van der Waals surface area (Å²) in [7, 11) is -9.89. The van der Waals surface area contributed by atoms with Crippen molar-refractivity contribution in [2.75, 3.05) is 52.5 Å². The van der Waals surface area contributed by atoms with Crippen LogP contribution in [-0.2, 0) is 17.1 Å². The number of nitrogens with one attached hydrogen (secondary N) is 2. The van der Waals surface area contributed by atoms with Gasteiger partial charge in [0.25, 0.3) is 0 Å². The summed E-state index contributed by atoms with van der Waals surface area (Å²) in [5.41, 5.74) is 0.0795. The summed E-state index contributed by atoms with van der Waals surface area (Å²) >= 11 is 0. The van der Waals surface area contributed by atoms with E-state index in [-0.39, 0.29) is 41.4 Å². The molecule has 37 heavy (non-hydrogen) atoms. The molecule has 0 saturated carbocycles. The van der Waals surface area contributed by atoms with Crippen LogP contribution < -0.4 is 47.9 Å². The maximum absolute atomic E-state index is 9.45. The van der Waals surface area contributed by atoms with Crippen molar-refractivity contribution >= 4 is 0 Å². The first kappa shape index (κ1) is 42.0. The van der Waals surface area contributed by atoms with Crippen molar-refractivity contribution in [3.63, 3.8) is 0 Å². The van der Waals surface area contributed by atoms with E-state index in [0.717, 1.165) is 52.1 Å². The van der Waals surface area contributed by atoms with Crippen molar-refractivity contribution < 1.29 is 85.0 Å². The molecule has 229 valence electrons. The van der Waals surface area contributed by atoms with Crippen LogP contribution in [0.1, 0.15) is 54.4 Å². The van der Waals surface area contributed by atoms with E-state index in [2.05, 4.69) is 62.0 Å². The van der Waals surface area contributed by atoms with Gasteiger partial charge in [-0.05, 0) is 54.4 Å². The fourth-order valence-electron chi connectivity index (χ4n) is 4.32. The van der Waals surface area contributed by atoms with Gasteiger partial charge >= 0.3 is 17.1 Å². The Morgan fingerprint density at radius 3 is 1.14 bits per heavy atom. The zero-order valence-corrected chi connectivity index (χ0v) is 24.8. The van der Waals surface area contributed by atoms with Gasteiger partial charge in [-0.1, -0.05) is 0 Å². The van der Waals surface area contributed by atoms with E-state index in [9.17, 15) is 10.2 Å². The fraction of sp³-hybridized carbons (Fsp3) is 1.00. The van der Waals surface area contributed by atoms with Gasteiger partial charge in [0.2, 0.25) is 0 Å². The van der Waals surface area contributed by atoms with Crippen molar-refractivity contribution in [2.45, 2.75) is 77.5 Å². The van der Waals surface area contributed by atoms with Gasteiger partial charge in [0.15, 0.2) is 0 Å². The Balaban J connectivity index is -0.000000889. The maximum atomic E-state index is 9.45. The third-order valence-corrected chi connectivity index (χ3v) is 5.64. The Morgan fingerprint density at radius 2 is 0.919 bits per heavy atom. The predicted octanol–water partition coefficient (Wildman–Crippen LogP) is -8.63. The zero-order valence-electron chi connectivity index (χ0n) is 22.3. The SMILES string of the molecule is C[C@@H]1CC(C)(C)NCCN(CCO)[C@H](C)CC(C)(C)NCCN1CCO.[Cu+2].[O-][Cl+3]([O-])([O-])[O-].[O-][Cl+3]([O-])([O-])[O-]. The molecule has 1 aliphatic heterocycles. The first-order valence-corrected chi connectivity index (χ1v) is 14.0. The molecule has 1 heterocycles. The van der Waals surface area contributed by atoms with Gasteiger partial charge in [-0.2, -0.15) is 0 Å². The predicted molar refractivity (Wildman–Crippen MR) is 110 cm³/mol. The summed E-state index contributed by atoms with van der Waals surface area (Å²) in [5.74, 6) is 0. The van der Waals surface area contributed by atoms with Gasteiger partial charge in [-0.25, -0.2) is 37.3 Å². The van der Waals surface area contributed by atoms with E-state index < -0.39 is 20.5 Å². The van der Waals surface area contributed by atoms with E-state index in [1.807, 2.05) is 0 Å². The van der Waals surface area contributed by atoms with Gasteiger partial charge < -0.3 is 20.8 Å². The van der Waals surface area contributed by atoms with Gasteiger partial charge in [-0.3, -0.25) is 9.80 Å². The molecule has 0 aliphatic carbocycles. The first-order valence-electron chi connectivity index (χ1n) is 11.5. The number of nitrogens with zero attached hydrogens (tertiary/aromatic N) is 2. The molecule has 0 amide bonds. The third kappa shape index (κ3) is 29.3. The number of aliphatic hydroxyl groups excluding tert-OH is 2. The molecule has 0 bridgehead atoms. The molecule has 0 aromatic heterocycles. The fourth-order valence-corrected chi connectivity index (χ4v) is 4.32. The van der Waals surface area contributed by atoms with Crippen molar-refractivity contribution in [3.05, 3.63) is 0 Å². The molecule has 1 fully saturated rings. The van der Waals surface area contributed by atoms with Crippen LogP contribution in [0.5, 0.6) is 0 Å². The van der Waals surface area contributed by atoms with E-state index in [0.29, 0.717) is 12.1 Å². The molecule has 1 saturated heterocycles. The molecule has 0 unspecified atom stereocenters. The Morgan fingerprint density at radius 1 is 0.676 bits per heavy atom. The second kappa shape index (κ2) is 19.6. The Bertz CT molecular complexity index is 512. The molecule has 2 atom stereocenters. The minimum Gasteiger partial charge on any atom is -0.395 e. The summed E-state index contributed by atoms with van der Waals surface area (Å²) in [6.45, 7) is 19.1. The van der Waals surface area contributed by atoms with Crippen LogP contribution in [0.2, 0.25) is 0 Å². The third-order valence-electron chi connectivity index (χ3n) is 5.64. The molecule has 4 N–H and O–H groups in total. The number of hydrogen-bond acceptors (Lipinski definition) is 14. The molecule has 1 radical (unpaired) electrons. The molecular formula is C20H44Cl2CuN4O10. The van der Waals surface area contributed by atoms with Crippen LogP contribution >= 0.6 is 0 Å². The summed E-state index contributed by atoms with van der Waals surface area (Å²) in [6, 6.07) is 0.815. The van der Waals surface area contributed by atoms with E-state index in [1.165, 1.54) is 0 Å². The van der Waals surface area contributed by atoms with Crippen LogP contribution in [0.4, 0.5) is 0 Å². The van der Waals surface area contributed by atoms with Crippen LogP contribution in [-0.4, -0.2) is 95.7 Å². The zero-order chi connectivity index (χ0) is 28.8. The molecule has 0 aromatic rings. The molecule has 0 aromatic carbocycles. The number of halogens is 2. The summed E-state index contributed by atoms with van der Waals surface area (Å²) in [5, 5.41) is 26.3. The normalized spacial score (nSPS) is 24.3. The van der Waals surface area contributed by atoms with Crippen molar-refractivity contribution in [1.29, 1.82) is 0 Å². The number of β-amino-alcohol motifs (C(OH)–C–C–N with tert-alkyl or cyclic N) is 2. The minimum atomic E-state index is -4.94. The molecule has 1 aliphatic rings. The second-order valence-corrected chi connectivity index (χ2v) is 11.5. The monoisotopic (exact) mass is 633 g/mol. The second-order valence-electron chi connectivity index (χ2n) is 10.0. The Labute approximate surface area is 235 Å². The number of aliphatic hydroxyl groups is 2. The van der Waals surface area contributed by atoms with Crippen LogP contribution in [0.3, 0.4) is 0 Å².